The van der Waals surface area contributed by atoms with Crippen LogP contribution in [0.2, 0.25) is 0 Å². The summed E-state index contributed by atoms with van der Waals surface area (Å²) in [5.74, 6) is -1.10. The molecule has 0 aromatic heterocycles. The van der Waals surface area contributed by atoms with Crippen LogP contribution in [0.5, 0.6) is 0 Å². The number of Topliss-reactive ketones (excluding diaryl/α,β-unsaturated/α-hetero) is 1. The molecule has 0 spiro atoms. The number of carbonyl (C=O) groups excluding carboxylic acids is 1. The van der Waals surface area contributed by atoms with Gasteiger partial charge in [0.2, 0.25) is 0 Å². The van der Waals surface area contributed by atoms with Crippen molar-refractivity contribution in [3.05, 3.63) is 23.5 Å². The Balaban J connectivity index is 3.26. The van der Waals surface area contributed by atoms with Crippen molar-refractivity contribution in [1.82, 2.24) is 0 Å². The monoisotopic (exact) mass is 246 g/mol. The van der Waals surface area contributed by atoms with E-state index in [1.54, 1.807) is 0 Å². The molecule has 0 saturated carbocycles. The normalized spacial score (nSPS) is 10.0. The highest BCUT2D eigenvalue weighted by Gasteiger charge is 2.14. The Labute approximate surface area is 83.0 Å². The minimum atomic E-state index is -0.746. The standard InChI is InChI=1S/C8H8BrFN2O/c9-3-6(13)4-1-2-5(11)8(12)7(4)10/h1-2H,3,11-12H2. The van der Waals surface area contributed by atoms with Gasteiger partial charge in [-0.1, -0.05) is 15.9 Å². The van der Waals surface area contributed by atoms with E-state index in [1.807, 2.05) is 0 Å². The number of rotatable bonds is 2. The van der Waals surface area contributed by atoms with Crippen LogP contribution >= 0.6 is 15.9 Å². The predicted molar refractivity (Wildman–Crippen MR) is 53.3 cm³/mol. The van der Waals surface area contributed by atoms with E-state index in [2.05, 4.69) is 15.9 Å². The molecule has 0 amide bonds. The lowest BCUT2D eigenvalue weighted by atomic mass is 10.1. The summed E-state index contributed by atoms with van der Waals surface area (Å²) in [5, 5.41) is 0.0628. The maximum Gasteiger partial charge on any atom is 0.176 e. The molecule has 4 N–H and O–H groups in total. The third-order valence-corrected chi connectivity index (χ3v) is 2.14. The molecule has 0 atom stereocenters. The number of nitrogen functional groups attached to an aromatic ring is 2. The third kappa shape index (κ3) is 1.80. The van der Waals surface area contributed by atoms with Gasteiger partial charge in [0.05, 0.1) is 22.3 Å². The van der Waals surface area contributed by atoms with E-state index >= 15 is 0 Å². The smallest absolute Gasteiger partial charge is 0.176 e. The molecule has 0 heterocycles. The van der Waals surface area contributed by atoms with Crippen molar-refractivity contribution < 1.29 is 9.18 Å². The average Bonchev–Trinajstić information content (AvgIpc) is 2.13. The van der Waals surface area contributed by atoms with Crippen LogP contribution in [0, 0.1) is 5.82 Å². The minimum Gasteiger partial charge on any atom is -0.397 e. The summed E-state index contributed by atoms with van der Waals surface area (Å²) < 4.78 is 13.3. The van der Waals surface area contributed by atoms with Gasteiger partial charge in [-0.15, -0.1) is 0 Å². The molecule has 1 aromatic rings. The quantitative estimate of drug-likeness (QED) is 0.473. The molecule has 0 saturated heterocycles. The molecule has 0 radical (unpaired) electrons. The Morgan fingerprint density at radius 1 is 1.46 bits per heavy atom. The van der Waals surface area contributed by atoms with Gasteiger partial charge in [0, 0.05) is 0 Å². The van der Waals surface area contributed by atoms with Gasteiger partial charge in [-0.05, 0) is 12.1 Å². The molecular formula is C8H8BrFN2O. The second kappa shape index (κ2) is 3.74. The van der Waals surface area contributed by atoms with Gasteiger partial charge in [0.25, 0.3) is 0 Å². The number of halogens is 2. The Morgan fingerprint density at radius 3 is 2.62 bits per heavy atom. The van der Waals surface area contributed by atoms with Crippen LogP contribution < -0.4 is 11.5 Å². The molecular weight excluding hydrogens is 239 g/mol. The first-order valence-electron chi connectivity index (χ1n) is 3.50. The van der Waals surface area contributed by atoms with Crippen LogP contribution in [0.25, 0.3) is 0 Å². The molecule has 5 heteroatoms. The molecule has 0 aliphatic rings. The highest BCUT2D eigenvalue weighted by atomic mass is 79.9. The lowest BCUT2D eigenvalue weighted by molar-refractivity contribution is 0.102. The minimum absolute atomic E-state index is 0.0384. The fourth-order valence-electron chi connectivity index (χ4n) is 0.895. The van der Waals surface area contributed by atoms with Gasteiger partial charge in [0.1, 0.15) is 0 Å². The van der Waals surface area contributed by atoms with Gasteiger partial charge in [-0.2, -0.15) is 0 Å². The summed E-state index contributed by atoms with van der Waals surface area (Å²) in [4.78, 5) is 11.1. The van der Waals surface area contributed by atoms with Crippen molar-refractivity contribution in [2.45, 2.75) is 0 Å². The SMILES string of the molecule is Nc1ccc(C(=O)CBr)c(F)c1N. The summed E-state index contributed by atoms with van der Waals surface area (Å²) in [7, 11) is 0. The summed E-state index contributed by atoms with van der Waals surface area (Å²) in [6.07, 6.45) is 0. The van der Waals surface area contributed by atoms with E-state index in [4.69, 9.17) is 11.5 Å². The van der Waals surface area contributed by atoms with E-state index in [9.17, 15) is 9.18 Å². The van der Waals surface area contributed by atoms with Crippen molar-refractivity contribution in [2.24, 2.45) is 0 Å². The van der Waals surface area contributed by atoms with Crippen LogP contribution in [0.4, 0.5) is 15.8 Å². The summed E-state index contributed by atoms with van der Waals surface area (Å²) in [6, 6.07) is 2.74. The number of ketones is 1. The van der Waals surface area contributed by atoms with Gasteiger partial charge in [-0.25, -0.2) is 4.39 Å². The van der Waals surface area contributed by atoms with E-state index in [-0.39, 0.29) is 28.1 Å². The van der Waals surface area contributed by atoms with Crippen LogP contribution in [-0.2, 0) is 0 Å². The predicted octanol–water partition coefficient (Wildman–Crippen LogP) is 1.57. The number of hydrogen-bond donors (Lipinski definition) is 2. The lowest BCUT2D eigenvalue weighted by Crippen LogP contribution is -2.07. The molecule has 0 aliphatic heterocycles. The van der Waals surface area contributed by atoms with Crippen molar-refractivity contribution in [2.75, 3.05) is 16.8 Å². The maximum absolute atomic E-state index is 13.3. The number of hydrogen-bond acceptors (Lipinski definition) is 3. The maximum atomic E-state index is 13.3. The van der Waals surface area contributed by atoms with Crippen molar-refractivity contribution in [3.8, 4) is 0 Å². The largest absolute Gasteiger partial charge is 0.397 e. The first kappa shape index (κ1) is 9.98. The van der Waals surface area contributed by atoms with E-state index in [1.165, 1.54) is 12.1 Å². The Kier molecular flexibility index (Phi) is 2.87. The zero-order chi connectivity index (χ0) is 10.0. The summed E-state index contributed by atoms with van der Waals surface area (Å²) in [5.41, 5.74) is 10.6. The number of anilines is 2. The highest BCUT2D eigenvalue weighted by molar-refractivity contribution is 9.09. The second-order valence-electron chi connectivity index (χ2n) is 2.49. The molecule has 0 bridgehead atoms. The molecule has 1 aromatic carbocycles. The van der Waals surface area contributed by atoms with Gasteiger partial charge < -0.3 is 11.5 Å². The van der Waals surface area contributed by atoms with E-state index in [0.717, 1.165) is 0 Å². The summed E-state index contributed by atoms with van der Waals surface area (Å²) in [6.45, 7) is 0. The van der Waals surface area contributed by atoms with E-state index in [0.29, 0.717) is 0 Å². The van der Waals surface area contributed by atoms with Crippen molar-refractivity contribution in [3.63, 3.8) is 0 Å². The van der Waals surface area contributed by atoms with E-state index < -0.39 is 5.82 Å². The average molecular weight is 247 g/mol. The molecule has 3 nitrogen and oxygen atoms in total. The fourth-order valence-corrected chi connectivity index (χ4v) is 1.20. The number of nitrogens with two attached hydrogens (primary N) is 2. The molecule has 0 fully saturated rings. The zero-order valence-corrected chi connectivity index (χ0v) is 8.27. The summed E-state index contributed by atoms with van der Waals surface area (Å²) >= 11 is 2.94. The number of benzene rings is 1. The first-order valence-corrected chi connectivity index (χ1v) is 4.62. The molecule has 0 aliphatic carbocycles. The third-order valence-electron chi connectivity index (χ3n) is 1.64. The van der Waals surface area contributed by atoms with Crippen molar-refractivity contribution in [1.29, 1.82) is 0 Å². The van der Waals surface area contributed by atoms with Crippen LogP contribution in [-0.4, -0.2) is 11.1 Å². The van der Waals surface area contributed by atoms with Gasteiger partial charge in [-0.3, -0.25) is 4.79 Å². The lowest BCUT2D eigenvalue weighted by Gasteiger charge is -2.05. The van der Waals surface area contributed by atoms with Crippen LogP contribution in [0.15, 0.2) is 12.1 Å². The van der Waals surface area contributed by atoms with Crippen LogP contribution in [0.3, 0.4) is 0 Å². The van der Waals surface area contributed by atoms with Crippen LogP contribution in [0.1, 0.15) is 10.4 Å². The highest BCUT2D eigenvalue weighted by Crippen LogP contribution is 2.22. The topological polar surface area (TPSA) is 69.1 Å². The molecule has 13 heavy (non-hydrogen) atoms. The molecule has 0 unspecified atom stereocenters. The first-order chi connectivity index (χ1) is 6.07. The number of alkyl halides is 1. The molecule has 1 rings (SSSR count). The van der Waals surface area contributed by atoms with Crippen molar-refractivity contribution >= 4 is 33.1 Å². The second-order valence-corrected chi connectivity index (χ2v) is 3.05. The Hall–Kier alpha value is -1.10. The fraction of sp³-hybridized carbons (Fsp3) is 0.125. The molecule has 70 valence electrons. The Bertz CT molecular complexity index is 354. The van der Waals surface area contributed by atoms with Gasteiger partial charge >= 0.3 is 0 Å². The number of carbonyl (C=O) groups is 1. The Morgan fingerprint density at radius 2 is 2.08 bits per heavy atom. The zero-order valence-electron chi connectivity index (χ0n) is 6.68. The van der Waals surface area contributed by atoms with Gasteiger partial charge in [0.15, 0.2) is 11.6 Å².